The largest absolute Gasteiger partial charge is 0.491 e. The average molecular weight is 649 g/mol. The molecule has 2 aliphatic carbocycles. The predicted molar refractivity (Wildman–Crippen MR) is 165 cm³/mol. The molecule has 0 amide bonds. The number of benzene rings is 3. The number of rotatable bonds is 12. The molecule has 5 rings (SSSR count). The summed E-state index contributed by atoms with van der Waals surface area (Å²) in [6.45, 7) is 4.39. The number of hydrogen-bond acceptors (Lipinski definition) is 3. The van der Waals surface area contributed by atoms with Crippen molar-refractivity contribution >= 4 is 0 Å². The zero-order chi connectivity index (χ0) is 32.8. The summed E-state index contributed by atoms with van der Waals surface area (Å²) < 4.78 is 105. The second-order valence-electron chi connectivity index (χ2n) is 12.6. The molecule has 0 radical (unpaired) electrons. The van der Waals surface area contributed by atoms with Crippen molar-refractivity contribution in [3.63, 3.8) is 0 Å². The molecule has 9 heteroatoms. The summed E-state index contributed by atoms with van der Waals surface area (Å²) in [7, 11) is 0. The monoisotopic (exact) mass is 648 g/mol. The quantitative estimate of drug-likeness (QED) is 0.144. The van der Waals surface area contributed by atoms with Crippen LogP contribution in [0.1, 0.15) is 89.5 Å². The Bertz CT molecular complexity index is 1480. The van der Waals surface area contributed by atoms with E-state index < -0.39 is 46.0 Å². The molecule has 46 heavy (non-hydrogen) atoms. The highest BCUT2D eigenvalue weighted by atomic mass is 19.2. The van der Waals surface area contributed by atoms with E-state index in [0.717, 1.165) is 57.8 Å². The highest BCUT2D eigenvalue weighted by molar-refractivity contribution is 5.67. The van der Waals surface area contributed by atoms with Gasteiger partial charge < -0.3 is 14.2 Å². The molecule has 0 atom stereocenters. The third-order valence-electron chi connectivity index (χ3n) is 9.76. The molecule has 0 aromatic heterocycles. The van der Waals surface area contributed by atoms with E-state index in [0.29, 0.717) is 23.8 Å². The molecule has 2 aliphatic rings. The summed E-state index contributed by atoms with van der Waals surface area (Å²) >= 11 is 0. The van der Waals surface area contributed by atoms with Crippen LogP contribution in [0.15, 0.2) is 36.4 Å². The van der Waals surface area contributed by atoms with Crippen molar-refractivity contribution in [1.82, 2.24) is 0 Å². The molecule has 2 fully saturated rings. The summed E-state index contributed by atoms with van der Waals surface area (Å²) in [6, 6.07) is 8.02. The highest BCUT2D eigenvalue weighted by Crippen LogP contribution is 2.45. The number of halogens is 6. The van der Waals surface area contributed by atoms with Gasteiger partial charge in [0.05, 0.1) is 19.8 Å². The molecule has 0 spiro atoms. The summed E-state index contributed by atoms with van der Waals surface area (Å²) in [5.74, 6) is -6.16. The summed E-state index contributed by atoms with van der Waals surface area (Å²) in [6.07, 6.45) is 8.81. The first kappa shape index (κ1) is 34.0. The maximum absolute atomic E-state index is 15.0. The standard InChI is InChI=1S/C37H42F6O3/c1-3-5-20-45-30-18-15-27(33(39)36(30)42)28-16-19-31(37(43)34(28)40)46-21-22-6-8-23(9-7-22)24-10-12-25(13-11-24)26-14-17-29(44-4-2)35(41)32(26)38/h14-19,22-25H,3-13,20-21H2,1-2H3. The lowest BCUT2D eigenvalue weighted by Gasteiger charge is -2.38. The number of ether oxygens (including phenoxy) is 3. The highest BCUT2D eigenvalue weighted by Gasteiger charge is 2.33. The summed E-state index contributed by atoms with van der Waals surface area (Å²) in [5, 5.41) is 0. The second-order valence-corrected chi connectivity index (χ2v) is 12.6. The van der Waals surface area contributed by atoms with Gasteiger partial charge in [-0.3, -0.25) is 0 Å². The lowest BCUT2D eigenvalue weighted by atomic mass is 9.68. The topological polar surface area (TPSA) is 27.7 Å². The zero-order valence-corrected chi connectivity index (χ0v) is 26.5. The fourth-order valence-corrected chi connectivity index (χ4v) is 7.09. The van der Waals surface area contributed by atoms with Crippen molar-refractivity contribution in [2.75, 3.05) is 19.8 Å². The molecule has 0 heterocycles. The molecule has 0 saturated heterocycles. The van der Waals surface area contributed by atoms with Gasteiger partial charge in [0, 0.05) is 11.1 Å². The second kappa shape index (κ2) is 15.5. The van der Waals surface area contributed by atoms with Gasteiger partial charge in [0.1, 0.15) is 0 Å². The summed E-state index contributed by atoms with van der Waals surface area (Å²) in [5.41, 5.74) is -0.362. The van der Waals surface area contributed by atoms with Crippen LogP contribution in [-0.2, 0) is 0 Å². The molecule has 0 N–H and O–H groups in total. The van der Waals surface area contributed by atoms with Crippen LogP contribution < -0.4 is 14.2 Å². The Balaban J connectivity index is 1.11. The molecule has 0 unspecified atom stereocenters. The first-order valence-corrected chi connectivity index (χ1v) is 16.6. The van der Waals surface area contributed by atoms with Gasteiger partial charge >= 0.3 is 0 Å². The molecule has 3 aromatic rings. The van der Waals surface area contributed by atoms with Gasteiger partial charge in [-0.2, -0.15) is 13.2 Å². The maximum atomic E-state index is 15.0. The van der Waals surface area contributed by atoms with E-state index in [-0.39, 0.29) is 48.9 Å². The average Bonchev–Trinajstić information content (AvgIpc) is 3.07. The fraction of sp³-hybridized carbons (Fsp3) is 0.514. The van der Waals surface area contributed by atoms with Gasteiger partial charge in [-0.1, -0.05) is 19.4 Å². The molecule has 2 saturated carbocycles. The van der Waals surface area contributed by atoms with Crippen molar-refractivity contribution < 1.29 is 40.6 Å². The minimum Gasteiger partial charge on any atom is -0.491 e. The van der Waals surface area contributed by atoms with Crippen LogP contribution in [0.4, 0.5) is 26.3 Å². The normalized spacial score (nSPS) is 21.7. The van der Waals surface area contributed by atoms with Crippen LogP contribution in [0, 0.1) is 52.7 Å². The van der Waals surface area contributed by atoms with E-state index in [2.05, 4.69) is 0 Å². The van der Waals surface area contributed by atoms with E-state index in [1.165, 1.54) is 30.3 Å². The van der Waals surface area contributed by atoms with Gasteiger partial charge in [0.15, 0.2) is 34.7 Å². The molecule has 250 valence electrons. The Hall–Kier alpha value is -3.36. The SMILES string of the molecule is CCCCOc1ccc(-c2ccc(OCC3CCC(C4CCC(c5ccc(OCC)c(F)c5F)CC4)CC3)c(F)c2F)c(F)c1F. The van der Waals surface area contributed by atoms with Crippen LogP contribution >= 0.6 is 0 Å². The van der Waals surface area contributed by atoms with Crippen LogP contribution in [0.3, 0.4) is 0 Å². The Morgan fingerprint density at radius 1 is 0.543 bits per heavy atom. The van der Waals surface area contributed by atoms with Gasteiger partial charge in [0.25, 0.3) is 0 Å². The minimum absolute atomic E-state index is 0.00714. The third kappa shape index (κ3) is 7.44. The number of hydrogen-bond donors (Lipinski definition) is 0. The maximum Gasteiger partial charge on any atom is 0.201 e. The molecular formula is C37H42F6O3. The van der Waals surface area contributed by atoms with E-state index in [1.807, 2.05) is 6.92 Å². The van der Waals surface area contributed by atoms with Crippen molar-refractivity contribution in [3.8, 4) is 28.4 Å². The van der Waals surface area contributed by atoms with Crippen LogP contribution in [0.2, 0.25) is 0 Å². The van der Waals surface area contributed by atoms with E-state index in [1.54, 1.807) is 13.0 Å². The van der Waals surface area contributed by atoms with Crippen LogP contribution in [0.5, 0.6) is 17.2 Å². The van der Waals surface area contributed by atoms with Gasteiger partial charge in [0.2, 0.25) is 17.5 Å². The molecule has 3 nitrogen and oxygen atoms in total. The van der Waals surface area contributed by atoms with Gasteiger partial charge in [-0.25, -0.2) is 13.2 Å². The predicted octanol–water partition coefficient (Wildman–Crippen LogP) is 10.9. The molecule has 0 aliphatic heterocycles. The number of unbranched alkanes of at least 4 members (excludes halogenated alkanes) is 1. The Morgan fingerprint density at radius 2 is 1.04 bits per heavy atom. The fourth-order valence-electron chi connectivity index (χ4n) is 7.09. The van der Waals surface area contributed by atoms with E-state index in [9.17, 15) is 22.0 Å². The van der Waals surface area contributed by atoms with E-state index >= 15 is 4.39 Å². The molecule has 3 aromatic carbocycles. The smallest absolute Gasteiger partial charge is 0.201 e. The lowest BCUT2D eigenvalue weighted by Crippen LogP contribution is -2.27. The van der Waals surface area contributed by atoms with Crippen molar-refractivity contribution in [3.05, 3.63) is 76.9 Å². The van der Waals surface area contributed by atoms with E-state index in [4.69, 9.17) is 14.2 Å². The first-order valence-electron chi connectivity index (χ1n) is 16.6. The van der Waals surface area contributed by atoms with Gasteiger partial charge in [-0.15, -0.1) is 0 Å². The Labute approximate surface area is 267 Å². The van der Waals surface area contributed by atoms with Crippen LogP contribution in [-0.4, -0.2) is 19.8 Å². The molecular weight excluding hydrogens is 606 g/mol. The lowest BCUT2D eigenvalue weighted by molar-refractivity contribution is 0.129. The Morgan fingerprint density at radius 3 is 1.61 bits per heavy atom. The molecule has 0 bridgehead atoms. The zero-order valence-electron chi connectivity index (χ0n) is 26.5. The van der Waals surface area contributed by atoms with Crippen molar-refractivity contribution in [2.24, 2.45) is 17.8 Å². The van der Waals surface area contributed by atoms with Crippen molar-refractivity contribution in [1.29, 1.82) is 0 Å². The van der Waals surface area contributed by atoms with Crippen molar-refractivity contribution in [2.45, 2.75) is 84.0 Å². The van der Waals surface area contributed by atoms with Crippen LogP contribution in [0.25, 0.3) is 11.1 Å². The minimum atomic E-state index is -1.30. The first-order chi connectivity index (χ1) is 22.2. The van der Waals surface area contributed by atoms with Gasteiger partial charge in [-0.05, 0) is 124 Å². The Kier molecular flexibility index (Phi) is 11.4. The third-order valence-corrected chi connectivity index (χ3v) is 9.76. The summed E-state index contributed by atoms with van der Waals surface area (Å²) in [4.78, 5) is 0.